The van der Waals surface area contributed by atoms with Crippen LogP contribution in [0.15, 0.2) is 47.4 Å². The molecular formula is C15H14N4O. The SMILES string of the molecule is c1ccc([C@H]2C[C@H]2CNc2ncnc3oncc23)cc1. The summed E-state index contributed by atoms with van der Waals surface area (Å²) in [6, 6.07) is 10.7. The van der Waals surface area contributed by atoms with Crippen LogP contribution in [0.5, 0.6) is 0 Å². The van der Waals surface area contributed by atoms with Crippen LogP contribution >= 0.6 is 0 Å². The first kappa shape index (κ1) is 11.4. The maximum absolute atomic E-state index is 5.03. The molecule has 3 aromatic rings. The molecule has 20 heavy (non-hydrogen) atoms. The van der Waals surface area contributed by atoms with Crippen LogP contribution in [0.25, 0.3) is 11.1 Å². The molecule has 0 amide bonds. The predicted molar refractivity (Wildman–Crippen MR) is 75.4 cm³/mol. The van der Waals surface area contributed by atoms with E-state index >= 15 is 0 Å². The Hall–Kier alpha value is -2.43. The number of aromatic nitrogens is 3. The largest absolute Gasteiger partial charge is 0.369 e. The lowest BCUT2D eigenvalue weighted by molar-refractivity contribution is 0.448. The summed E-state index contributed by atoms with van der Waals surface area (Å²) in [5.74, 6) is 2.14. The minimum Gasteiger partial charge on any atom is -0.369 e. The van der Waals surface area contributed by atoms with Gasteiger partial charge in [-0.05, 0) is 23.8 Å². The molecule has 100 valence electrons. The lowest BCUT2D eigenvalue weighted by Gasteiger charge is -2.05. The quantitative estimate of drug-likeness (QED) is 0.786. The molecule has 0 saturated heterocycles. The van der Waals surface area contributed by atoms with E-state index in [0.29, 0.717) is 17.5 Å². The molecule has 0 unspecified atom stereocenters. The third-order valence-electron chi connectivity index (χ3n) is 3.85. The molecule has 0 aliphatic heterocycles. The molecule has 1 fully saturated rings. The van der Waals surface area contributed by atoms with E-state index in [0.717, 1.165) is 17.7 Å². The molecule has 2 atom stereocenters. The second-order valence-electron chi connectivity index (χ2n) is 5.16. The van der Waals surface area contributed by atoms with Gasteiger partial charge in [0.05, 0.1) is 6.20 Å². The van der Waals surface area contributed by atoms with E-state index in [2.05, 4.69) is 50.8 Å². The predicted octanol–water partition coefficient (Wildman–Crippen LogP) is 2.83. The van der Waals surface area contributed by atoms with Crippen LogP contribution in [-0.2, 0) is 0 Å². The monoisotopic (exact) mass is 266 g/mol. The lowest BCUT2D eigenvalue weighted by Crippen LogP contribution is -2.06. The van der Waals surface area contributed by atoms with E-state index in [9.17, 15) is 0 Å². The number of nitrogens with zero attached hydrogens (tertiary/aromatic N) is 3. The van der Waals surface area contributed by atoms with Crippen molar-refractivity contribution < 1.29 is 4.52 Å². The summed E-state index contributed by atoms with van der Waals surface area (Å²) in [4.78, 5) is 8.28. The highest BCUT2D eigenvalue weighted by atomic mass is 16.5. The van der Waals surface area contributed by atoms with Gasteiger partial charge >= 0.3 is 0 Å². The smallest absolute Gasteiger partial charge is 0.262 e. The Morgan fingerprint density at radius 1 is 1.20 bits per heavy atom. The molecule has 0 bridgehead atoms. The fourth-order valence-corrected chi connectivity index (χ4v) is 2.65. The van der Waals surface area contributed by atoms with Gasteiger partial charge in [0.1, 0.15) is 17.5 Å². The Balaban J connectivity index is 1.44. The topological polar surface area (TPSA) is 63.8 Å². The van der Waals surface area contributed by atoms with Crippen LogP contribution in [0, 0.1) is 5.92 Å². The van der Waals surface area contributed by atoms with Gasteiger partial charge in [-0.3, -0.25) is 0 Å². The minimum absolute atomic E-state index is 0.526. The number of hydrogen-bond acceptors (Lipinski definition) is 5. The number of anilines is 1. The van der Waals surface area contributed by atoms with Crippen LogP contribution in [0.1, 0.15) is 17.9 Å². The first-order valence-corrected chi connectivity index (χ1v) is 6.76. The first-order valence-electron chi connectivity index (χ1n) is 6.76. The molecule has 1 aliphatic carbocycles. The summed E-state index contributed by atoms with van der Waals surface area (Å²) in [6.45, 7) is 0.914. The van der Waals surface area contributed by atoms with E-state index < -0.39 is 0 Å². The van der Waals surface area contributed by atoms with Crippen LogP contribution in [-0.4, -0.2) is 21.7 Å². The van der Waals surface area contributed by atoms with Gasteiger partial charge in [-0.2, -0.15) is 4.98 Å². The van der Waals surface area contributed by atoms with Gasteiger partial charge in [0, 0.05) is 6.54 Å². The standard InChI is InChI=1S/C15H14N4O/c1-2-4-10(5-3-1)12-6-11(12)7-16-14-13-8-19-20-15(13)18-9-17-14/h1-5,8-9,11-12H,6-7H2,(H,16,17,18)/t11-,12+/m0/s1. The van der Waals surface area contributed by atoms with Crippen molar-refractivity contribution in [2.75, 3.05) is 11.9 Å². The van der Waals surface area contributed by atoms with E-state index in [4.69, 9.17) is 4.52 Å². The fraction of sp³-hybridized carbons (Fsp3) is 0.267. The highest BCUT2D eigenvalue weighted by molar-refractivity contribution is 5.84. The van der Waals surface area contributed by atoms with Gasteiger partial charge in [-0.1, -0.05) is 35.5 Å². The molecule has 1 N–H and O–H groups in total. The molecule has 1 aliphatic rings. The second-order valence-corrected chi connectivity index (χ2v) is 5.16. The Kier molecular flexibility index (Phi) is 2.62. The van der Waals surface area contributed by atoms with Crippen molar-refractivity contribution in [1.82, 2.24) is 15.1 Å². The molecular weight excluding hydrogens is 252 g/mol. The molecule has 0 spiro atoms. The molecule has 2 heterocycles. The normalized spacial score (nSPS) is 21.0. The average Bonchev–Trinajstić information content (AvgIpc) is 3.12. The zero-order valence-corrected chi connectivity index (χ0v) is 10.9. The highest BCUT2D eigenvalue weighted by Crippen LogP contribution is 2.47. The van der Waals surface area contributed by atoms with Gasteiger partial charge in [0.25, 0.3) is 5.71 Å². The van der Waals surface area contributed by atoms with Crippen molar-refractivity contribution >= 4 is 16.9 Å². The Bertz CT molecular complexity index is 725. The van der Waals surface area contributed by atoms with E-state index in [1.807, 2.05) is 0 Å². The Morgan fingerprint density at radius 3 is 3.00 bits per heavy atom. The number of rotatable bonds is 4. The second kappa shape index (κ2) is 4.59. The Morgan fingerprint density at radius 2 is 2.10 bits per heavy atom. The van der Waals surface area contributed by atoms with E-state index in [1.54, 1.807) is 6.20 Å². The zero-order chi connectivity index (χ0) is 13.4. The molecule has 5 heteroatoms. The third-order valence-corrected chi connectivity index (χ3v) is 3.85. The summed E-state index contributed by atoms with van der Waals surface area (Å²) in [6.07, 6.45) is 4.38. The van der Waals surface area contributed by atoms with E-state index in [1.165, 1.54) is 18.3 Å². The van der Waals surface area contributed by atoms with Gasteiger partial charge in [0.2, 0.25) is 0 Å². The van der Waals surface area contributed by atoms with Crippen molar-refractivity contribution in [2.45, 2.75) is 12.3 Å². The first-order chi connectivity index (χ1) is 9.92. The number of nitrogens with one attached hydrogen (secondary N) is 1. The van der Waals surface area contributed by atoms with Gasteiger partial charge in [-0.25, -0.2) is 4.98 Å². The van der Waals surface area contributed by atoms with Gasteiger partial charge in [0.15, 0.2) is 0 Å². The minimum atomic E-state index is 0.526. The van der Waals surface area contributed by atoms with Crippen molar-refractivity contribution in [3.05, 3.63) is 48.4 Å². The van der Waals surface area contributed by atoms with Gasteiger partial charge in [-0.15, -0.1) is 0 Å². The van der Waals surface area contributed by atoms with Crippen molar-refractivity contribution in [3.8, 4) is 0 Å². The average molecular weight is 266 g/mol. The summed E-state index contributed by atoms with van der Waals surface area (Å²) in [5.41, 5.74) is 1.95. The lowest BCUT2D eigenvalue weighted by atomic mass is 10.1. The Labute approximate surface area is 116 Å². The fourth-order valence-electron chi connectivity index (χ4n) is 2.65. The summed E-state index contributed by atoms with van der Waals surface area (Å²) >= 11 is 0. The number of benzene rings is 1. The van der Waals surface area contributed by atoms with Crippen molar-refractivity contribution in [1.29, 1.82) is 0 Å². The van der Waals surface area contributed by atoms with Crippen LogP contribution in [0.4, 0.5) is 5.82 Å². The summed E-state index contributed by atoms with van der Waals surface area (Å²) in [7, 11) is 0. The third kappa shape index (κ3) is 2.01. The summed E-state index contributed by atoms with van der Waals surface area (Å²) < 4.78 is 5.03. The van der Waals surface area contributed by atoms with Gasteiger partial charge < -0.3 is 9.84 Å². The van der Waals surface area contributed by atoms with E-state index in [-0.39, 0.29) is 0 Å². The molecule has 1 saturated carbocycles. The molecule has 4 rings (SSSR count). The van der Waals surface area contributed by atoms with Crippen molar-refractivity contribution in [3.63, 3.8) is 0 Å². The zero-order valence-electron chi connectivity index (χ0n) is 10.9. The maximum Gasteiger partial charge on any atom is 0.262 e. The van der Waals surface area contributed by atoms with Crippen LogP contribution in [0.2, 0.25) is 0 Å². The summed E-state index contributed by atoms with van der Waals surface area (Å²) in [5, 5.41) is 7.97. The van der Waals surface area contributed by atoms with Crippen LogP contribution < -0.4 is 5.32 Å². The number of fused-ring (bicyclic) bond motifs is 1. The van der Waals surface area contributed by atoms with Crippen LogP contribution in [0.3, 0.4) is 0 Å². The number of hydrogen-bond donors (Lipinski definition) is 1. The molecule has 0 radical (unpaired) electrons. The molecule has 1 aromatic carbocycles. The van der Waals surface area contributed by atoms with Crippen molar-refractivity contribution in [2.24, 2.45) is 5.92 Å². The molecule has 5 nitrogen and oxygen atoms in total. The molecule has 2 aromatic heterocycles. The maximum atomic E-state index is 5.03. The highest BCUT2D eigenvalue weighted by Gasteiger charge is 2.37.